The zero-order valence-electron chi connectivity index (χ0n) is 12.7. The van der Waals surface area contributed by atoms with Crippen molar-refractivity contribution in [1.82, 2.24) is 24.6 Å². The average Bonchev–Trinajstić information content (AvgIpc) is 3.13. The maximum atomic E-state index is 14.0. The van der Waals surface area contributed by atoms with Gasteiger partial charge in [0.25, 0.3) is 5.56 Å². The summed E-state index contributed by atoms with van der Waals surface area (Å²) in [5.74, 6) is -0.704. The van der Waals surface area contributed by atoms with Crippen molar-refractivity contribution >= 4 is 11.3 Å². The number of hydrogen-bond donors (Lipinski definition) is 2. The predicted octanol–water partition coefficient (Wildman–Crippen LogP) is 0.613. The first-order valence-electron chi connectivity index (χ1n) is 7.28. The van der Waals surface area contributed by atoms with Crippen LogP contribution in [0.25, 0.3) is 16.9 Å². The Labute approximate surface area is 137 Å². The molecule has 0 saturated carbocycles. The molecule has 1 saturated heterocycles. The molecule has 25 heavy (non-hydrogen) atoms. The van der Waals surface area contributed by atoms with Gasteiger partial charge in [-0.3, -0.25) is 14.5 Å². The minimum atomic E-state index is -0.974. The monoisotopic (exact) mass is 354 g/mol. The molecular weight excluding hydrogens is 341 g/mol. The summed E-state index contributed by atoms with van der Waals surface area (Å²) >= 11 is 0. The minimum Gasteiger partial charge on any atom is -0.365 e. The number of aromatic amines is 2. The van der Waals surface area contributed by atoms with Crippen molar-refractivity contribution in [2.24, 2.45) is 0 Å². The van der Waals surface area contributed by atoms with E-state index >= 15 is 0 Å². The van der Waals surface area contributed by atoms with E-state index in [1.807, 2.05) is 0 Å². The highest BCUT2D eigenvalue weighted by atomic mass is 19.1. The molecule has 1 aliphatic heterocycles. The Kier molecular flexibility index (Phi) is 4.07. The minimum absolute atomic E-state index is 0. The third-order valence-electron chi connectivity index (χ3n) is 3.97. The fourth-order valence-electron chi connectivity index (χ4n) is 2.83. The number of nitrogens with one attached hydrogen (secondary N) is 2. The Hall–Kier alpha value is -3.11. The Balaban J connectivity index is 0.00000182. The summed E-state index contributed by atoms with van der Waals surface area (Å²) in [6.45, 7) is 0.617. The summed E-state index contributed by atoms with van der Waals surface area (Å²) < 4.78 is 28.5. The highest BCUT2D eigenvalue weighted by Gasteiger charge is 2.26. The van der Waals surface area contributed by atoms with E-state index in [1.165, 1.54) is 6.20 Å². The maximum absolute atomic E-state index is 14.0. The van der Waals surface area contributed by atoms with E-state index < -0.39 is 23.4 Å². The highest BCUT2D eigenvalue weighted by molar-refractivity contribution is 5.74. The summed E-state index contributed by atoms with van der Waals surface area (Å²) in [4.78, 5) is 33.3. The van der Waals surface area contributed by atoms with Gasteiger partial charge in [-0.25, -0.2) is 14.2 Å². The SMILES string of the molecule is F.O=c1[nH]cc(-c2cc(N3CC[C@@H](F)C3)c3ncc(F)n3n2)c(=O)[nH]1. The molecule has 1 aliphatic rings. The molecule has 4 rings (SSSR count). The van der Waals surface area contributed by atoms with Crippen LogP contribution in [0.15, 0.2) is 28.0 Å². The summed E-state index contributed by atoms with van der Waals surface area (Å²) in [6, 6.07) is 1.54. The molecule has 132 valence electrons. The molecule has 0 radical (unpaired) electrons. The third-order valence-corrected chi connectivity index (χ3v) is 3.97. The second kappa shape index (κ2) is 6.07. The number of alkyl halides is 1. The van der Waals surface area contributed by atoms with Gasteiger partial charge in [-0.2, -0.15) is 14.0 Å². The first-order chi connectivity index (χ1) is 11.5. The molecule has 0 spiro atoms. The van der Waals surface area contributed by atoms with Crippen LogP contribution in [0, 0.1) is 5.95 Å². The second-order valence-corrected chi connectivity index (χ2v) is 5.55. The largest absolute Gasteiger partial charge is 0.365 e. The van der Waals surface area contributed by atoms with Crippen molar-refractivity contribution in [3.05, 3.63) is 45.2 Å². The van der Waals surface area contributed by atoms with Crippen LogP contribution in [0.1, 0.15) is 6.42 Å². The first-order valence-corrected chi connectivity index (χ1v) is 7.28. The topological polar surface area (TPSA) is 99.2 Å². The second-order valence-electron chi connectivity index (χ2n) is 5.55. The summed E-state index contributed by atoms with van der Waals surface area (Å²) in [5, 5.41) is 4.06. The smallest absolute Gasteiger partial charge is 0.325 e. The van der Waals surface area contributed by atoms with E-state index in [4.69, 9.17) is 0 Å². The molecular formula is C14H13F3N6O2. The number of halogens is 3. The van der Waals surface area contributed by atoms with Gasteiger partial charge in [0.1, 0.15) is 11.9 Å². The molecule has 0 amide bonds. The molecule has 3 aromatic heterocycles. The van der Waals surface area contributed by atoms with Crippen LogP contribution in [0.3, 0.4) is 0 Å². The van der Waals surface area contributed by atoms with Crippen LogP contribution in [0.2, 0.25) is 0 Å². The summed E-state index contributed by atoms with van der Waals surface area (Å²) in [6.07, 6.45) is 1.61. The molecule has 1 fully saturated rings. The van der Waals surface area contributed by atoms with Crippen molar-refractivity contribution in [2.45, 2.75) is 12.6 Å². The number of imidazole rings is 1. The van der Waals surface area contributed by atoms with Crippen molar-refractivity contribution in [3.8, 4) is 11.3 Å². The lowest BCUT2D eigenvalue weighted by Crippen LogP contribution is -2.24. The molecule has 2 N–H and O–H groups in total. The standard InChI is InChI=1S/C14H12F2N6O2.FH/c15-7-1-2-21(6-7)10-3-9(8-4-18-14(24)19-13(8)23)20-22-11(16)5-17-12(10)22;/h3-5,7H,1-2,6H2,(H2,18,19,23,24);1H/t7-;/m1./s1. The van der Waals surface area contributed by atoms with E-state index in [2.05, 4.69) is 20.1 Å². The Morgan fingerprint density at radius 1 is 1.32 bits per heavy atom. The number of anilines is 1. The number of aromatic nitrogens is 5. The predicted molar refractivity (Wildman–Crippen MR) is 83.9 cm³/mol. The Morgan fingerprint density at radius 2 is 2.12 bits per heavy atom. The van der Waals surface area contributed by atoms with Gasteiger partial charge in [-0.1, -0.05) is 0 Å². The third kappa shape index (κ3) is 2.77. The quantitative estimate of drug-likeness (QED) is 0.703. The average molecular weight is 354 g/mol. The zero-order chi connectivity index (χ0) is 16.8. The van der Waals surface area contributed by atoms with Gasteiger partial charge in [0.15, 0.2) is 5.65 Å². The van der Waals surface area contributed by atoms with Crippen LogP contribution < -0.4 is 16.1 Å². The molecule has 11 heteroatoms. The molecule has 3 aromatic rings. The lowest BCUT2D eigenvalue weighted by atomic mass is 10.2. The van der Waals surface area contributed by atoms with Crippen molar-refractivity contribution < 1.29 is 13.5 Å². The number of rotatable bonds is 2. The summed E-state index contributed by atoms with van der Waals surface area (Å²) in [5.41, 5.74) is -0.363. The first kappa shape index (κ1) is 16.7. The lowest BCUT2D eigenvalue weighted by molar-refractivity contribution is 0.364. The lowest BCUT2D eigenvalue weighted by Gasteiger charge is -2.18. The van der Waals surface area contributed by atoms with Crippen LogP contribution in [-0.2, 0) is 0 Å². The molecule has 1 atom stereocenters. The number of hydrogen-bond acceptors (Lipinski definition) is 5. The van der Waals surface area contributed by atoms with E-state index in [0.29, 0.717) is 18.7 Å². The zero-order valence-corrected chi connectivity index (χ0v) is 12.7. The van der Waals surface area contributed by atoms with Crippen LogP contribution in [0.4, 0.5) is 19.2 Å². The van der Waals surface area contributed by atoms with Crippen molar-refractivity contribution in [2.75, 3.05) is 18.0 Å². The van der Waals surface area contributed by atoms with Gasteiger partial charge in [-0.05, 0) is 12.5 Å². The Bertz CT molecular complexity index is 1040. The molecule has 0 aromatic carbocycles. The molecule has 0 unspecified atom stereocenters. The maximum Gasteiger partial charge on any atom is 0.325 e. The van der Waals surface area contributed by atoms with E-state index in [9.17, 15) is 18.4 Å². The molecule has 0 bridgehead atoms. The highest BCUT2D eigenvalue weighted by Crippen LogP contribution is 2.28. The van der Waals surface area contributed by atoms with Crippen molar-refractivity contribution in [1.29, 1.82) is 0 Å². The van der Waals surface area contributed by atoms with Gasteiger partial charge >= 0.3 is 5.69 Å². The van der Waals surface area contributed by atoms with E-state index in [0.717, 1.165) is 10.7 Å². The fourth-order valence-corrected chi connectivity index (χ4v) is 2.83. The van der Waals surface area contributed by atoms with E-state index in [1.54, 1.807) is 11.0 Å². The summed E-state index contributed by atoms with van der Waals surface area (Å²) in [7, 11) is 0. The van der Waals surface area contributed by atoms with Crippen LogP contribution >= 0.6 is 0 Å². The van der Waals surface area contributed by atoms with E-state index in [-0.39, 0.29) is 28.2 Å². The Morgan fingerprint density at radius 3 is 2.80 bits per heavy atom. The van der Waals surface area contributed by atoms with Gasteiger partial charge in [0.05, 0.1) is 17.4 Å². The molecule has 0 aliphatic carbocycles. The molecule has 4 heterocycles. The van der Waals surface area contributed by atoms with Gasteiger partial charge in [-0.15, -0.1) is 0 Å². The normalized spacial score (nSPS) is 17.0. The molecule has 8 nitrogen and oxygen atoms in total. The number of fused-ring (bicyclic) bond motifs is 1. The van der Waals surface area contributed by atoms with Crippen LogP contribution in [0.5, 0.6) is 0 Å². The van der Waals surface area contributed by atoms with Gasteiger partial charge in [0.2, 0.25) is 5.95 Å². The van der Waals surface area contributed by atoms with Gasteiger partial charge < -0.3 is 9.88 Å². The fraction of sp³-hybridized carbons (Fsp3) is 0.286. The van der Waals surface area contributed by atoms with Gasteiger partial charge in [0, 0.05) is 19.3 Å². The van der Waals surface area contributed by atoms with Crippen LogP contribution in [-0.4, -0.2) is 43.8 Å². The number of nitrogens with zero attached hydrogens (tertiary/aromatic N) is 4. The number of H-pyrrole nitrogens is 2. The van der Waals surface area contributed by atoms with Crippen molar-refractivity contribution in [3.63, 3.8) is 0 Å².